The molecule has 0 unspecified atom stereocenters. The Hall–Kier alpha value is -2.98. The van der Waals surface area contributed by atoms with Crippen molar-refractivity contribution in [1.82, 2.24) is 5.32 Å². The Morgan fingerprint density at radius 1 is 0.846 bits per heavy atom. The molecule has 26 heavy (non-hydrogen) atoms. The molecule has 0 spiro atoms. The molecule has 4 heteroatoms. The molecule has 0 bridgehead atoms. The first kappa shape index (κ1) is 17.8. The maximum atomic E-state index is 12.9. The number of carbonyl (C=O) groups excluding carboxylic acids is 1. The predicted octanol–water partition coefficient (Wildman–Crippen LogP) is 4.25. The summed E-state index contributed by atoms with van der Waals surface area (Å²) in [6.45, 7) is 0.277. The van der Waals surface area contributed by atoms with Gasteiger partial charge in [0.1, 0.15) is 18.5 Å². The van der Waals surface area contributed by atoms with Crippen LogP contribution < -0.4 is 5.32 Å². The SMILES string of the molecule is O=C(COC(c1ccccc1)c1ccccc1)NCc1ccc(F)cc1. The molecule has 3 aromatic carbocycles. The fourth-order valence-corrected chi connectivity index (χ4v) is 2.65. The smallest absolute Gasteiger partial charge is 0.246 e. The van der Waals surface area contributed by atoms with Crippen LogP contribution in [0, 0.1) is 5.82 Å². The molecule has 1 N–H and O–H groups in total. The Labute approximate surface area is 152 Å². The van der Waals surface area contributed by atoms with E-state index in [4.69, 9.17) is 4.74 Å². The molecule has 132 valence electrons. The van der Waals surface area contributed by atoms with Gasteiger partial charge in [0.25, 0.3) is 0 Å². The van der Waals surface area contributed by atoms with E-state index in [9.17, 15) is 9.18 Å². The lowest BCUT2D eigenvalue weighted by Gasteiger charge is -2.19. The molecule has 3 rings (SSSR count). The lowest BCUT2D eigenvalue weighted by molar-refractivity contribution is -0.127. The third-order valence-electron chi connectivity index (χ3n) is 3.99. The first-order chi connectivity index (χ1) is 12.7. The molecule has 0 heterocycles. The average molecular weight is 349 g/mol. The molecule has 0 aliphatic carbocycles. The van der Waals surface area contributed by atoms with Crippen molar-refractivity contribution in [3.05, 3.63) is 107 Å². The van der Waals surface area contributed by atoms with Crippen molar-refractivity contribution >= 4 is 5.91 Å². The zero-order valence-electron chi connectivity index (χ0n) is 14.3. The van der Waals surface area contributed by atoms with Gasteiger partial charge in [-0.15, -0.1) is 0 Å². The number of ether oxygens (including phenoxy) is 1. The Kier molecular flexibility index (Phi) is 6.12. The van der Waals surface area contributed by atoms with Crippen molar-refractivity contribution in [2.75, 3.05) is 6.61 Å². The number of hydrogen-bond acceptors (Lipinski definition) is 2. The number of carbonyl (C=O) groups is 1. The van der Waals surface area contributed by atoms with Crippen LogP contribution in [0.2, 0.25) is 0 Å². The van der Waals surface area contributed by atoms with Gasteiger partial charge < -0.3 is 10.1 Å². The fraction of sp³-hybridized carbons (Fsp3) is 0.136. The van der Waals surface area contributed by atoms with E-state index in [2.05, 4.69) is 5.32 Å². The topological polar surface area (TPSA) is 38.3 Å². The zero-order chi connectivity index (χ0) is 18.2. The van der Waals surface area contributed by atoms with Gasteiger partial charge in [-0.25, -0.2) is 4.39 Å². The second-order valence-corrected chi connectivity index (χ2v) is 5.92. The van der Waals surface area contributed by atoms with Gasteiger partial charge in [0.05, 0.1) is 0 Å². The second kappa shape index (κ2) is 8.92. The minimum Gasteiger partial charge on any atom is -0.359 e. The molecule has 0 saturated heterocycles. The maximum Gasteiger partial charge on any atom is 0.246 e. The summed E-state index contributed by atoms with van der Waals surface area (Å²) in [4.78, 5) is 12.1. The van der Waals surface area contributed by atoms with Crippen LogP contribution in [0.5, 0.6) is 0 Å². The van der Waals surface area contributed by atoms with E-state index in [0.29, 0.717) is 6.54 Å². The van der Waals surface area contributed by atoms with Crippen LogP contribution in [-0.4, -0.2) is 12.5 Å². The minimum atomic E-state index is -0.311. The minimum absolute atomic E-state index is 0.0599. The molecular weight excluding hydrogens is 329 g/mol. The van der Waals surface area contributed by atoms with Crippen LogP contribution in [0.3, 0.4) is 0 Å². The van der Waals surface area contributed by atoms with E-state index >= 15 is 0 Å². The Balaban J connectivity index is 1.60. The van der Waals surface area contributed by atoms with Crippen molar-refractivity contribution in [3.8, 4) is 0 Å². The molecule has 3 nitrogen and oxygen atoms in total. The summed E-state index contributed by atoms with van der Waals surface area (Å²) in [6.07, 6.45) is -0.311. The second-order valence-electron chi connectivity index (χ2n) is 5.92. The van der Waals surface area contributed by atoms with Crippen molar-refractivity contribution in [2.45, 2.75) is 12.6 Å². The van der Waals surface area contributed by atoms with Crippen LogP contribution >= 0.6 is 0 Å². The van der Waals surface area contributed by atoms with E-state index in [0.717, 1.165) is 16.7 Å². The van der Waals surface area contributed by atoms with E-state index < -0.39 is 0 Å². The van der Waals surface area contributed by atoms with Crippen molar-refractivity contribution in [3.63, 3.8) is 0 Å². The molecule has 0 radical (unpaired) electrons. The van der Waals surface area contributed by atoms with Crippen molar-refractivity contribution < 1.29 is 13.9 Å². The van der Waals surface area contributed by atoms with Crippen molar-refractivity contribution in [1.29, 1.82) is 0 Å². The van der Waals surface area contributed by atoms with E-state index in [1.165, 1.54) is 12.1 Å². The molecule has 1 amide bonds. The zero-order valence-corrected chi connectivity index (χ0v) is 14.3. The summed E-state index contributed by atoms with van der Waals surface area (Å²) in [5, 5.41) is 2.79. The highest BCUT2D eigenvalue weighted by Gasteiger charge is 2.16. The Morgan fingerprint density at radius 2 is 1.38 bits per heavy atom. The van der Waals surface area contributed by atoms with E-state index in [-0.39, 0.29) is 24.4 Å². The van der Waals surface area contributed by atoms with Crippen LogP contribution in [-0.2, 0) is 16.1 Å². The Morgan fingerprint density at radius 3 is 1.92 bits per heavy atom. The number of benzene rings is 3. The van der Waals surface area contributed by atoms with Crippen LogP contribution in [0.15, 0.2) is 84.9 Å². The monoisotopic (exact) mass is 349 g/mol. The van der Waals surface area contributed by atoms with Gasteiger partial charge in [0.2, 0.25) is 5.91 Å². The first-order valence-corrected chi connectivity index (χ1v) is 8.45. The van der Waals surface area contributed by atoms with Crippen LogP contribution in [0.1, 0.15) is 22.8 Å². The highest BCUT2D eigenvalue weighted by Crippen LogP contribution is 2.25. The quantitative estimate of drug-likeness (QED) is 0.692. The molecular formula is C22H20FNO2. The molecule has 0 saturated carbocycles. The molecule has 0 aliphatic heterocycles. The standard InChI is InChI=1S/C22H20FNO2/c23-20-13-11-17(12-14-20)15-24-21(25)16-26-22(18-7-3-1-4-8-18)19-9-5-2-6-10-19/h1-14,22H,15-16H2,(H,24,25). The third-order valence-corrected chi connectivity index (χ3v) is 3.99. The number of hydrogen-bond donors (Lipinski definition) is 1. The number of amides is 1. The summed E-state index contributed by atoms with van der Waals surface area (Å²) >= 11 is 0. The van der Waals surface area contributed by atoms with Gasteiger partial charge in [-0.05, 0) is 28.8 Å². The van der Waals surface area contributed by atoms with Crippen LogP contribution in [0.25, 0.3) is 0 Å². The highest BCUT2D eigenvalue weighted by atomic mass is 19.1. The molecule has 0 fully saturated rings. The van der Waals surface area contributed by atoms with Gasteiger partial charge in [-0.3, -0.25) is 4.79 Å². The number of nitrogens with one attached hydrogen (secondary N) is 1. The first-order valence-electron chi connectivity index (χ1n) is 8.45. The van der Waals surface area contributed by atoms with Gasteiger partial charge in [-0.2, -0.15) is 0 Å². The van der Waals surface area contributed by atoms with Crippen molar-refractivity contribution in [2.24, 2.45) is 0 Å². The summed E-state index contributed by atoms with van der Waals surface area (Å²) < 4.78 is 18.8. The van der Waals surface area contributed by atoms with Gasteiger partial charge >= 0.3 is 0 Å². The molecule has 0 aromatic heterocycles. The fourth-order valence-electron chi connectivity index (χ4n) is 2.65. The molecule has 3 aromatic rings. The third kappa shape index (κ3) is 5.01. The molecule has 0 atom stereocenters. The normalized spacial score (nSPS) is 10.7. The summed E-state index contributed by atoms with van der Waals surface area (Å²) in [5.74, 6) is -0.511. The van der Waals surface area contributed by atoms with Crippen LogP contribution in [0.4, 0.5) is 4.39 Å². The lowest BCUT2D eigenvalue weighted by Crippen LogP contribution is -2.28. The summed E-state index contributed by atoms with van der Waals surface area (Å²) in [6, 6.07) is 25.6. The molecule has 0 aliphatic rings. The highest BCUT2D eigenvalue weighted by molar-refractivity contribution is 5.77. The summed E-state index contributed by atoms with van der Waals surface area (Å²) in [5.41, 5.74) is 2.82. The number of rotatable bonds is 7. The lowest BCUT2D eigenvalue weighted by atomic mass is 10.0. The predicted molar refractivity (Wildman–Crippen MR) is 98.9 cm³/mol. The van der Waals surface area contributed by atoms with E-state index in [1.54, 1.807) is 12.1 Å². The van der Waals surface area contributed by atoms with Gasteiger partial charge in [0, 0.05) is 6.54 Å². The average Bonchev–Trinajstić information content (AvgIpc) is 2.69. The maximum absolute atomic E-state index is 12.9. The summed E-state index contributed by atoms with van der Waals surface area (Å²) in [7, 11) is 0. The Bertz CT molecular complexity index is 780. The van der Waals surface area contributed by atoms with Gasteiger partial charge in [-0.1, -0.05) is 72.8 Å². The van der Waals surface area contributed by atoms with Gasteiger partial charge in [0.15, 0.2) is 0 Å². The van der Waals surface area contributed by atoms with E-state index in [1.807, 2.05) is 60.7 Å². The largest absolute Gasteiger partial charge is 0.359 e. The number of halogens is 1.